The Kier molecular flexibility index (Phi) is 11.4. The van der Waals surface area contributed by atoms with E-state index in [1.807, 2.05) is 44.2 Å². The molecule has 0 fully saturated rings. The zero-order valence-corrected chi connectivity index (χ0v) is 26.9. The van der Waals surface area contributed by atoms with Gasteiger partial charge in [0, 0.05) is 29.1 Å². The first-order valence-corrected chi connectivity index (χ1v) is 16.5. The van der Waals surface area contributed by atoms with Crippen molar-refractivity contribution in [3.8, 4) is 0 Å². The first-order chi connectivity index (χ1) is 21.1. The Morgan fingerprint density at radius 1 is 0.841 bits per heavy atom. The van der Waals surface area contributed by atoms with Crippen molar-refractivity contribution < 1.29 is 18.0 Å². The van der Waals surface area contributed by atoms with Crippen LogP contribution in [0.1, 0.15) is 31.4 Å². The van der Waals surface area contributed by atoms with Gasteiger partial charge in [0.1, 0.15) is 12.6 Å². The molecule has 0 spiro atoms. The lowest BCUT2D eigenvalue weighted by atomic mass is 10.0. The zero-order valence-electron chi connectivity index (χ0n) is 24.6. The average molecular weight is 653 g/mol. The molecule has 0 saturated carbocycles. The molecule has 0 aliphatic heterocycles. The second kappa shape index (κ2) is 15.2. The molecule has 2 amide bonds. The maximum atomic E-state index is 14.4. The molecule has 0 saturated heterocycles. The third kappa shape index (κ3) is 8.40. The number of anilines is 1. The van der Waals surface area contributed by atoms with Crippen molar-refractivity contribution in [1.82, 2.24) is 10.2 Å². The van der Waals surface area contributed by atoms with Crippen LogP contribution < -0.4 is 9.62 Å². The highest BCUT2D eigenvalue weighted by Gasteiger charge is 2.35. The van der Waals surface area contributed by atoms with Gasteiger partial charge in [-0.25, -0.2) is 8.42 Å². The molecule has 10 heteroatoms. The smallest absolute Gasteiger partial charge is 0.264 e. The molecule has 7 nitrogen and oxygen atoms in total. The van der Waals surface area contributed by atoms with Crippen molar-refractivity contribution in [2.75, 3.05) is 10.8 Å². The largest absolute Gasteiger partial charge is 0.352 e. The van der Waals surface area contributed by atoms with Crippen molar-refractivity contribution >= 4 is 50.7 Å². The molecule has 4 aromatic rings. The van der Waals surface area contributed by atoms with E-state index in [0.29, 0.717) is 27.7 Å². The fourth-order valence-electron chi connectivity index (χ4n) is 4.67. The van der Waals surface area contributed by atoms with E-state index in [2.05, 4.69) is 5.32 Å². The topological polar surface area (TPSA) is 86.8 Å². The minimum Gasteiger partial charge on any atom is -0.352 e. The number of nitrogens with one attached hydrogen (secondary N) is 1. The second-order valence-corrected chi connectivity index (χ2v) is 13.1. The standard InChI is InChI=1S/C34H35Cl2N3O4S/c1-3-25(2)37-34(41)32(21-26-13-7-4-8-14-26)38(23-27-19-20-28(35)22-31(27)36)33(40)24-39(29-15-9-5-10-16-29)44(42,43)30-17-11-6-12-18-30/h4-20,22,25,32H,3,21,23-24H2,1-2H3,(H,37,41). The van der Waals surface area contributed by atoms with Gasteiger partial charge >= 0.3 is 0 Å². The van der Waals surface area contributed by atoms with Crippen LogP contribution in [0.3, 0.4) is 0 Å². The Morgan fingerprint density at radius 3 is 2.02 bits per heavy atom. The molecule has 4 rings (SSSR count). The molecule has 0 aliphatic carbocycles. The number of hydrogen-bond acceptors (Lipinski definition) is 4. The number of carbonyl (C=O) groups is 2. The maximum absolute atomic E-state index is 14.4. The first kappa shape index (κ1) is 33.1. The molecular formula is C34H35Cl2N3O4S. The first-order valence-electron chi connectivity index (χ1n) is 14.3. The van der Waals surface area contributed by atoms with Gasteiger partial charge in [-0.1, -0.05) is 103 Å². The number of hydrogen-bond donors (Lipinski definition) is 1. The summed E-state index contributed by atoms with van der Waals surface area (Å²) < 4.78 is 29.0. The number of benzene rings is 4. The number of rotatable bonds is 13. The molecule has 2 unspecified atom stereocenters. The molecule has 2 atom stereocenters. The van der Waals surface area contributed by atoms with E-state index in [4.69, 9.17) is 23.2 Å². The Balaban J connectivity index is 1.81. The molecule has 0 heterocycles. The summed E-state index contributed by atoms with van der Waals surface area (Å²) in [7, 11) is -4.16. The SMILES string of the molecule is CCC(C)NC(=O)C(Cc1ccccc1)N(Cc1ccc(Cl)cc1Cl)C(=O)CN(c1ccccc1)S(=O)(=O)c1ccccc1. The van der Waals surface area contributed by atoms with E-state index >= 15 is 0 Å². The molecule has 44 heavy (non-hydrogen) atoms. The number of sulfonamides is 1. The molecule has 0 radical (unpaired) electrons. The lowest BCUT2D eigenvalue weighted by Crippen LogP contribution is -2.54. The van der Waals surface area contributed by atoms with Crippen LogP contribution in [-0.4, -0.2) is 43.8 Å². The minimum atomic E-state index is -4.16. The van der Waals surface area contributed by atoms with Crippen molar-refractivity contribution in [3.05, 3.63) is 130 Å². The summed E-state index contributed by atoms with van der Waals surface area (Å²) in [5, 5.41) is 3.77. The summed E-state index contributed by atoms with van der Waals surface area (Å²) in [6, 6.07) is 29.6. The highest BCUT2D eigenvalue weighted by atomic mass is 35.5. The minimum absolute atomic E-state index is 0.0410. The quantitative estimate of drug-likeness (QED) is 0.173. The molecule has 0 aliphatic rings. The summed E-state index contributed by atoms with van der Waals surface area (Å²) >= 11 is 12.7. The van der Waals surface area contributed by atoms with Crippen LogP contribution in [-0.2, 0) is 32.6 Å². The third-order valence-corrected chi connectivity index (χ3v) is 9.66. The van der Waals surface area contributed by atoms with E-state index in [0.717, 1.165) is 9.87 Å². The summed E-state index contributed by atoms with van der Waals surface area (Å²) in [5.74, 6) is -0.918. The van der Waals surface area contributed by atoms with Crippen molar-refractivity contribution in [3.63, 3.8) is 0 Å². The van der Waals surface area contributed by atoms with E-state index in [1.165, 1.54) is 17.0 Å². The molecule has 1 N–H and O–H groups in total. The third-order valence-electron chi connectivity index (χ3n) is 7.28. The van der Waals surface area contributed by atoms with Gasteiger partial charge < -0.3 is 10.2 Å². The zero-order chi connectivity index (χ0) is 31.7. The molecule has 0 aromatic heterocycles. The van der Waals surface area contributed by atoms with E-state index in [9.17, 15) is 18.0 Å². The van der Waals surface area contributed by atoms with E-state index in [-0.39, 0.29) is 29.8 Å². The Bertz CT molecular complexity index is 1660. The lowest BCUT2D eigenvalue weighted by Gasteiger charge is -2.34. The van der Waals surface area contributed by atoms with Gasteiger partial charge in [-0.15, -0.1) is 0 Å². The second-order valence-electron chi connectivity index (χ2n) is 10.4. The Labute approximate surface area is 269 Å². The van der Waals surface area contributed by atoms with Crippen LogP contribution >= 0.6 is 23.2 Å². The van der Waals surface area contributed by atoms with Crippen molar-refractivity contribution in [2.45, 2.75) is 50.2 Å². The van der Waals surface area contributed by atoms with Crippen LogP contribution in [0.25, 0.3) is 0 Å². The number of carbonyl (C=O) groups excluding carboxylic acids is 2. The van der Waals surface area contributed by atoms with Crippen LogP contribution in [0.4, 0.5) is 5.69 Å². The number of para-hydroxylation sites is 1. The summed E-state index contributed by atoms with van der Waals surface area (Å²) in [6.45, 7) is 3.26. The number of amides is 2. The molecular weight excluding hydrogens is 617 g/mol. The molecule has 230 valence electrons. The summed E-state index contributed by atoms with van der Waals surface area (Å²) in [6.07, 6.45) is 0.898. The average Bonchev–Trinajstić information content (AvgIpc) is 3.03. The molecule has 4 aromatic carbocycles. The summed E-state index contributed by atoms with van der Waals surface area (Å²) in [5.41, 5.74) is 1.72. The van der Waals surface area contributed by atoms with Crippen molar-refractivity contribution in [1.29, 1.82) is 0 Å². The lowest BCUT2D eigenvalue weighted by molar-refractivity contribution is -0.140. The van der Waals surface area contributed by atoms with Crippen molar-refractivity contribution in [2.24, 2.45) is 0 Å². The van der Waals surface area contributed by atoms with E-state index in [1.54, 1.807) is 66.7 Å². The van der Waals surface area contributed by atoms with Gasteiger partial charge in [0.05, 0.1) is 10.6 Å². The van der Waals surface area contributed by atoms with Crippen LogP contribution in [0.15, 0.2) is 114 Å². The van der Waals surface area contributed by atoms with Gasteiger partial charge in [-0.05, 0) is 60.9 Å². The molecule has 0 bridgehead atoms. The van der Waals surface area contributed by atoms with Gasteiger partial charge in [-0.2, -0.15) is 0 Å². The predicted octanol–water partition coefficient (Wildman–Crippen LogP) is 6.74. The summed E-state index contributed by atoms with van der Waals surface area (Å²) in [4.78, 5) is 29.8. The fourth-order valence-corrected chi connectivity index (χ4v) is 6.57. The number of nitrogens with zero attached hydrogens (tertiary/aromatic N) is 2. The Morgan fingerprint density at radius 2 is 1.43 bits per heavy atom. The predicted molar refractivity (Wildman–Crippen MR) is 176 cm³/mol. The van der Waals surface area contributed by atoms with Crippen LogP contribution in [0.2, 0.25) is 10.0 Å². The van der Waals surface area contributed by atoms with Crippen LogP contribution in [0, 0.1) is 0 Å². The van der Waals surface area contributed by atoms with Crippen LogP contribution in [0.5, 0.6) is 0 Å². The number of halogens is 2. The van der Waals surface area contributed by atoms with Gasteiger partial charge in [0.2, 0.25) is 11.8 Å². The fraction of sp³-hybridized carbons (Fsp3) is 0.235. The normalized spacial score (nSPS) is 12.6. The monoisotopic (exact) mass is 651 g/mol. The van der Waals surface area contributed by atoms with Gasteiger partial charge in [0.15, 0.2) is 0 Å². The highest BCUT2D eigenvalue weighted by Crippen LogP contribution is 2.27. The maximum Gasteiger partial charge on any atom is 0.264 e. The van der Waals surface area contributed by atoms with Gasteiger partial charge in [0.25, 0.3) is 10.0 Å². The highest BCUT2D eigenvalue weighted by molar-refractivity contribution is 7.92. The Hall–Kier alpha value is -3.85. The van der Waals surface area contributed by atoms with Gasteiger partial charge in [-0.3, -0.25) is 13.9 Å². The van der Waals surface area contributed by atoms with E-state index < -0.39 is 28.5 Å².